The molecule has 1 aromatic heterocycles. The van der Waals surface area contributed by atoms with Crippen LogP contribution < -0.4 is 10.2 Å². The number of nitrogens with zero attached hydrogens (tertiary/aromatic N) is 4. The summed E-state index contributed by atoms with van der Waals surface area (Å²) >= 11 is 0. The zero-order valence-corrected chi connectivity index (χ0v) is 15.4. The molecule has 2 saturated heterocycles. The summed E-state index contributed by atoms with van der Waals surface area (Å²) in [6.45, 7) is 7.26. The van der Waals surface area contributed by atoms with Crippen molar-refractivity contribution in [3.8, 4) is 0 Å². The van der Waals surface area contributed by atoms with Crippen molar-refractivity contribution in [2.45, 2.75) is 19.3 Å². The van der Waals surface area contributed by atoms with Gasteiger partial charge in [-0.1, -0.05) is 6.07 Å². The van der Waals surface area contributed by atoms with Crippen LogP contribution in [0, 0.1) is 5.92 Å². The first-order valence-electron chi connectivity index (χ1n) is 9.57. The Morgan fingerprint density at radius 3 is 2.56 bits per heavy atom. The van der Waals surface area contributed by atoms with E-state index < -0.39 is 0 Å². The molecule has 0 bridgehead atoms. The summed E-state index contributed by atoms with van der Waals surface area (Å²) in [5.41, 5.74) is 0. The zero-order chi connectivity index (χ0) is 17.5. The second-order valence-corrected chi connectivity index (χ2v) is 7.17. The van der Waals surface area contributed by atoms with Crippen molar-refractivity contribution < 1.29 is 4.79 Å². The molecule has 25 heavy (non-hydrogen) atoms. The maximum Gasteiger partial charge on any atom is 0.236 e. The van der Waals surface area contributed by atoms with Gasteiger partial charge in [0.25, 0.3) is 0 Å². The van der Waals surface area contributed by atoms with E-state index in [0.717, 1.165) is 70.4 Å². The van der Waals surface area contributed by atoms with Crippen LogP contribution in [0.2, 0.25) is 0 Å². The van der Waals surface area contributed by atoms with Gasteiger partial charge in [0.05, 0.1) is 6.54 Å². The SMILES string of the molecule is CNCCC1CCN(C(=O)CN2CCN(c3ccccn3)CC2)CC1. The summed E-state index contributed by atoms with van der Waals surface area (Å²) < 4.78 is 0. The topological polar surface area (TPSA) is 51.7 Å². The van der Waals surface area contributed by atoms with Crippen molar-refractivity contribution in [2.24, 2.45) is 5.92 Å². The van der Waals surface area contributed by atoms with Crippen molar-refractivity contribution in [3.05, 3.63) is 24.4 Å². The largest absolute Gasteiger partial charge is 0.354 e. The number of carbonyl (C=O) groups is 1. The molecule has 2 fully saturated rings. The Morgan fingerprint density at radius 2 is 1.92 bits per heavy atom. The first-order chi connectivity index (χ1) is 12.3. The molecule has 6 heteroatoms. The number of carbonyl (C=O) groups excluding carboxylic acids is 1. The molecule has 0 unspecified atom stereocenters. The van der Waals surface area contributed by atoms with Gasteiger partial charge >= 0.3 is 0 Å². The zero-order valence-electron chi connectivity index (χ0n) is 15.4. The number of piperidine rings is 1. The Balaban J connectivity index is 1.38. The number of amides is 1. The predicted molar refractivity (Wildman–Crippen MR) is 101 cm³/mol. The van der Waals surface area contributed by atoms with Crippen molar-refractivity contribution in [1.82, 2.24) is 20.1 Å². The maximum absolute atomic E-state index is 12.6. The number of hydrogen-bond donors (Lipinski definition) is 1. The van der Waals surface area contributed by atoms with Gasteiger partial charge < -0.3 is 15.1 Å². The third-order valence-corrected chi connectivity index (χ3v) is 5.47. The average Bonchev–Trinajstić information content (AvgIpc) is 2.68. The molecule has 0 radical (unpaired) electrons. The molecule has 2 aliphatic heterocycles. The van der Waals surface area contributed by atoms with E-state index in [0.29, 0.717) is 12.5 Å². The van der Waals surface area contributed by atoms with Crippen molar-refractivity contribution in [3.63, 3.8) is 0 Å². The van der Waals surface area contributed by atoms with Crippen LogP contribution in [-0.2, 0) is 4.79 Å². The number of anilines is 1. The number of nitrogens with one attached hydrogen (secondary N) is 1. The Morgan fingerprint density at radius 1 is 1.16 bits per heavy atom. The lowest BCUT2D eigenvalue weighted by Gasteiger charge is -2.37. The van der Waals surface area contributed by atoms with Gasteiger partial charge in [0.2, 0.25) is 5.91 Å². The number of aromatic nitrogens is 1. The van der Waals surface area contributed by atoms with E-state index >= 15 is 0 Å². The fourth-order valence-corrected chi connectivity index (χ4v) is 3.79. The Kier molecular flexibility index (Phi) is 6.64. The van der Waals surface area contributed by atoms with Crippen LogP contribution in [-0.4, -0.2) is 80.1 Å². The van der Waals surface area contributed by atoms with Crippen LogP contribution >= 0.6 is 0 Å². The summed E-state index contributed by atoms with van der Waals surface area (Å²) in [6, 6.07) is 6.03. The minimum absolute atomic E-state index is 0.304. The molecule has 6 nitrogen and oxygen atoms in total. The number of rotatable bonds is 6. The molecule has 1 N–H and O–H groups in total. The summed E-state index contributed by atoms with van der Waals surface area (Å²) in [4.78, 5) is 23.7. The monoisotopic (exact) mass is 345 g/mol. The quantitative estimate of drug-likeness (QED) is 0.835. The van der Waals surface area contributed by atoms with Gasteiger partial charge in [-0.25, -0.2) is 4.98 Å². The average molecular weight is 345 g/mol. The fourth-order valence-electron chi connectivity index (χ4n) is 3.79. The van der Waals surface area contributed by atoms with Gasteiger partial charge in [-0.15, -0.1) is 0 Å². The van der Waals surface area contributed by atoms with Crippen LogP contribution in [0.4, 0.5) is 5.82 Å². The van der Waals surface area contributed by atoms with Gasteiger partial charge in [0, 0.05) is 45.5 Å². The van der Waals surface area contributed by atoms with E-state index in [1.807, 2.05) is 25.4 Å². The van der Waals surface area contributed by atoms with Gasteiger partial charge in [-0.3, -0.25) is 9.69 Å². The normalized spacial score (nSPS) is 20.0. The Labute approximate surface area is 151 Å². The molecule has 2 aliphatic rings. The standard InChI is InChI=1S/C19H31N5O/c1-20-9-5-17-6-10-24(11-7-17)19(25)16-22-12-14-23(15-13-22)18-4-2-3-8-21-18/h2-4,8,17,20H,5-7,9-16H2,1H3. The van der Waals surface area contributed by atoms with Crippen LogP contribution in [0.15, 0.2) is 24.4 Å². The molecule has 0 aliphatic carbocycles. The first-order valence-corrected chi connectivity index (χ1v) is 9.57. The van der Waals surface area contributed by atoms with Gasteiger partial charge in [-0.2, -0.15) is 0 Å². The third-order valence-electron chi connectivity index (χ3n) is 5.47. The molecular formula is C19H31N5O. The second kappa shape index (κ2) is 9.15. The smallest absolute Gasteiger partial charge is 0.236 e. The van der Waals surface area contributed by atoms with Gasteiger partial charge in [0.15, 0.2) is 0 Å². The van der Waals surface area contributed by atoms with Crippen LogP contribution in [0.1, 0.15) is 19.3 Å². The van der Waals surface area contributed by atoms with E-state index in [1.165, 1.54) is 6.42 Å². The van der Waals surface area contributed by atoms with Gasteiger partial charge in [-0.05, 0) is 50.9 Å². The lowest BCUT2D eigenvalue weighted by molar-refractivity contribution is -0.133. The van der Waals surface area contributed by atoms with E-state index in [2.05, 4.69) is 31.1 Å². The van der Waals surface area contributed by atoms with E-state index in [9.17, 15) is 4.79 Å². The Hall–Kier alpha value is -1.66. The van der Waals surface area contributed by atoms with E-state index in [4.69, 9.17) is 0 Å². The summed E-state index contributed by atoms with van der Waals surface area (Å²) in [7, 11) is 2.01. The molecule has 0 aromatic carbocycles. The van der Waals surface area contributed by atoms with Crippen molar-refractivity contribution >= 4 is 11.7 Å². The minimum atomic E-state index is 0.304. The third kappa shape index (κ3) is 5.16. The fraction of sp³-hybridized carbons (Fsp3) is 0.684. The lowest BCUT2D eigenvalue weighted by Crippen LogP contribution is -2.51. The molecule has 0 spiro atoms. The van der Waals surface area contributed by atoms with E-state index in [1.54, 1.807) is 0 Å². The lowest BCUT2D eigenvalue weighted by atomic mass is 9.93. The minimum Gasteiger partial charge on any atom is -0.354 e. The highest BCUT2D eigenvalue weighted by atomic mass is 16.2. The molecule has 3 heterocycles. The highest BCUT2D eigenvalue weighted by Crippen LogP contribution is 2.20. The Bertz CT molecular complexity index is 522. The summed E-state index contributed by atoms with van der Waals surface area (Å²) in [6.07, 6.45) is 5.38. The number of pyridine rings is 1. The van der Waals surface area contributed by atoms with Crippen molar-refractivity contribution in [2.75, 3.05) is 64.3 Å². The van der Waals surface area contributed by atoms with Crippen LogP contribution in [0.5, 0.6) is 0 Å². The van der Waals surface area contributed by atoms with E-state index in [-0.39, 0.29) is 0 Å². The highest BCUT2D eigenvalue weighted by Gasteiger charge is 2.25. The molecule has 138 valence electrons. The molecular weight excluding hydrogens is 314 g/mol. The highest BCUT2D eigenvalue weighted by molar-refractivity contribution is 5.78. The molecule has 0 saturated carbocycles. The van der Waals surface area contributed by atoms with Crippen molar-refractivity contribution in [1.29, 1.82) is 0 Å². The molecule has 1 amide bonds. The summed E-state index contributed by atoms with van der Waals surface area (Å²) in [5.74, 6) is 2.12. The number of hydrogen-bond acceptors (Lipinski definition) is 5. The predicted octanol–water partition coefficient (Wildman–Crippen LogP) is 1.05. The van der Waals surface area contributed by atoms with Gasteiger partial charge in [0.1, 0.15) is 5.82 Å². The summed E-state index contributed by atoms with van der Waals surface area (Å²) in [5, 5.41) is 3.22. The number of likely N-dealkylation sites (tertiary alicyclic amines) is 1. The molecule has 3 rings (SSSR count). The van der Waals surface area contributed by atoms with Crippen LogP contribution in [0.25, 0.3) is 0 Å². The second-order valence-electron chi connectivity index (χ2n) is 7.17. The molecule has 0 atom stereocenters. The number of piperazine rings is 1. The maximum atomic E-state index is 12.6. The first kappa shape index (κ1) is 18.1. The van der Waals surface area contributed by atoms with Crippen LogP contribution in [0.3, 0.4) is 0 Å². The molecule has 1 aromatic rings.